The van der Waals surface area contributed by atoms with Crippen LogP contribution >= 0.6 is 11.6 Å². The maximum atomic E-state index is 12.8. The molecule has 1 N–H and O–H groups in total. The van der Waals surface area contributed by atoms with Gasteiger partial charge in [-0.25, -0.2) is 9.78 Å². The van der Waals surface area contributed by atoms with E-state index in [1.54, 1.807) is 30.3 Å². The van der Waals surface area contributed by atoms with Crippen LogP contribution < -0.4 is 10.9 Å². The van der Waals surface area contributed by atoms with Crippen molar-refractivity contribution in [2.24, 2.45) is 0 Å². The number of hydrogen-bond acceptors (Lipinski definition) is 4. The summed E-state index contributed by atoms with van der Waals surface area (Å²) >= 11 is 5.91. The highest BCUT2D eigenvalue weighted by Gasteiger charge is 2.09. The Hall–Kier alpha value is -3.64. The van der Waals surface area contributed by atoms with Crippen molar-refractivity contribution in [2.45, 2.75) is 13.2 Å². The molecule has 0 bridgehead atoms. The minimum Gasteiger partial charge on any atom is -0.444 e. The van der Waals surface area contributed by atoms with Crippen LogP contribution in [-0.4, -0.2) is 15.6 Å². The number of anilines is 1. The van der Waals surface area contributed by atoms with E-state index in [0.717, 1.165) is 11.1 Å². The van der Waals surface area contributed by atoms with Crippen molar-refractivity contribution in [1.82, 2.24) is 9.55 Å². The Morgan fingerprint density at radius 2 is 1.77 bits per heavy atom. The molecule has 0 radical (unpaired) electrons. The number of carbonyl (C=O) groups is 1. The number of nitrogens with zero attached hydrogens (tertiary/aromatic N) is 2. The van der Waals surface area contributed by atoms with Crippen molar-refractivity contribution >= 4 is 34.3 Å². The van der Waals surface area contributed by atoms with Crippen molar-refractivity contribution < 1.29 is 9.53 Å². The molecule has 30 heavy (non-hydrogen) atoms. The number of rotatable bonds is 5. The SMILES string of the molecule is O=C(Nc1ccc2c(=O)n(Cc3ccc(Cl)cc3)cnc2c1)OCc1ccccc1. The quantitative estimate of drug-likeness (QED) is 0.502. The molecule has 0 unspecified atom stereocenters. The molecule has 0 aliphatic carbocycles. The lowest BCUT2D eigenvalue weighted by atomic mass is 10.2. The molecule has 1 heterocycles. The first-order valence-corrected chi connectivity index (χ1v) is 9.68. The fraction of sp³-hybridized carbons (Fsp3) is 0.0870. The van der Waals surface area contributed by atoms with Gasteiger partial charge in [-0.1, -0.05) is 54.1 Å². The molecule has 0 saturated carbocycles. The average Bonchev–Trinajstić information content (AvgIpc) is 2.76. The molecule has 1 amide bonds. The highest BCUT2D eigenvalue weighted by molar-refractivity contribution is 6.30. The maximum absolute atomic E-state index is 12.8. The van der Waals surface area contributed by atoms with Crippen LogP contribution in [0.2, 0.25) is 5.02 Å². The summed E-state index contributed by atoms with van der Waals surface area (Å²) in [5.74, 6) is 0. The van der Waals surface area contributed by atoms with Gasteiger partial charge in [0.05, 0.1) is 23.8 Å². The van der Waals surface area contributed by atoms with Gasteiger partial charge in [-0.3, -0.25) is 14.7 Å². The third-order valence-electron chi connectivity index (χ3n) is 4.55. The number of nitrogens with one attached hydrogen (secondary N) is 1. The van der Waals surface area contributed by atoms with Crippen LogP contribution in [0, 0.1) is 0 Å². The van der Waals surface area contributed by atoms with Crippen molar-refractivity contribution in [1.29, 1.82) is 0 Å². The predicted octanol–water partition coefficient (Wildman–Crippen LogP) is 4.85. The highest BCUT2D eigenvalue weighted by atomic mass is 35.5. The molecule has 0 aliphatic rings. The van der Waals surface area contributed by atoms with E-state index in [1.165, 1.54) is 10.9 Å². The number of fused-ring (bicyclic) bond motifs is 1. The van der Waals surface area contributed by atoms with Gasteiger partial charge in [0.2, 0.25) is 0 Å². The molecular weight excluding hydrogens is 402 g/mol. The maximum Gasteiger partial charge on any atom is 0.411 e. The molecule has 150 valence electrons. The Morgan fingerprint density at radius 3 is 2.53 bits per heavy atom. The van der Waals surface area contributed by atoms with Crippen molar-refractivity contribution in [3.63, 3.8) is 0 Å². The minimum absolute atomic E-state index is 0.159. The Labute approximate surface area is 177 Å². The van der Waals surface area contributed by atoms with Gasteiger partial charge < -0.3 is 4.74 Å². The normalized spacial score (nSPS) is 10.7. The largest absolute Gasteiger partial charge is 0.444 e. The fourth-order valence-electron chi connectivity index (χ4n) is 3.01. The molecule has 0 spiro atoms. The molecule has 6 nitrogen and oxygen atoms in total. The summed E-state index contributed by atoms with van der Waals surface area (Å²) in [5, 5.41) is 3.77. The van der Waals surface area contributed by atoms with Gasteiger partial charge in [-0.15, -0.1) is 0 Å². The zero-order chi connectivity index (χ0) is 20.9. The molecule has 0 fully saturated rings. The Balaban J connectivity index is 1.47. The minimum atomic E-state index is -0.575. The molecule has 7 heteroatoms. The summed E-state index contributed by atoms with van der Waals surface area (Å²) in [4.78, 5) is 29.2. The Morgan fingerprint density at radius 1 is 1.00 bits per heavy atom. The molecule has 0 saturated heterocycles. The lowest BCUT2D eigenvalue weighted by Crippen LogP contribution is -2.21. The third-order valence-corrected chi connectivity index (χ3v) is 4.80. The summed E-state index contributed by atoms with van der Waals surface area (Å²) in [6, 6.07) is 21.7. The van der Waals surface area contributed by atoms with Crippen molar-refractivity contribution in [2.75, 3.05) is 5.32 Å². The lowest BCUT2D eigenvalue weighted by Gasteiger charge is -2.09. The van der Waals surface area contributed by atoms with E-state index in [2.05, 4.69) is 10.3 Å². The van der Waals surface area contributed by atoms with E-state index >= 15 is 0 Å². The first kappa shape index (κ1) is 19.7. The van der Waals surface area contributed by atoms with Gasteiger partial charge in [0, 0.05) is 10.7 Å². The van der Waals surface area contributed by atoms with Crippen molar-refractivity contribution in [3.05, 3.63) is 106 Å². The molecule has 0 aliphatic heterocycles. The van der Waals surface area contributed by atoms with Crippen LogP contribution in [0.15, 0.2) is 83.9 Å². The van der Waals surface area contributed by atoms with E-state index in [9.17, 15) is 9.59 Å². The first-order valence-electron chi connectivity index (χ1n) is 9.30. The predicted molar refractivity (Wildman–Crippen MR) is 117 cm³/mol. The van der Waals surface area contributed by atoms with Gasteiger partial charge in [0.1, 0.15) is 6.61 Å². The van der Waals surface area contributed by atoms with E-state index in [1.807, 2.05) is 42.5 Å². The zero-order valence-electron chi connectivity index (χ0n) is 15.9. The average molecular weight is 420 g/mol. The van der Waals surface area contributed by atoms with Crippen LogP contribution in [0.3, 0.4) is 0 Å². The van der Waals surface area contributed by atoms with Crippen LogP contribution in [0.5, 0.6) is 0 Å². The van der Waals surface area contributed by atoms with E-state index in [4.69, 9.17) is 16.3 Å². The second-order valence-electron chi connectivity index (χ2n) is 6.72. The Kier molecular flexibility index (Phi) is 5.77. The lowest BCUT2D eigenvalue weighted by molar-refractivity contribution is 0.155. The van der Waals surface area contributed by atoms with Crippen molar-refractivity contribution in [3.8, 4) is 0 Å². The summed E-state index contributed by atoms with van der Waals surface area (Å²) in [7, 11) is 0. The number of benzene rings is 3. The van der Waals surface area contributed by atoms with Gasteiger partial charge in [0.15, 0.2) is 0 Å². The second kappa shape index (κ2) is 8.80. The molecule has 3 aromatic carbocycles. The number of amides is 1. The van der Waals surface area contributed by atoms with Gasteiger partial charge in [0.25, 0.3) is 5.56 Å². The highest BCUT2D eigenvalue weighted by Crippen LogP contribution is 2.16. The molecule has 4 aromatic rings. The third kappa shape index (κ3) is 4.67. The molecule has 4 rings (SSSR count). The van der Waals surface area contributed by atoms with Gasteiger partial charge in [-0.05, 0) is 41.5 Å². The number of carbonyl (C=O) groups excluding carboxylic acids is 1. The number of halogens is 1. The first-order chi connectivity index (χ1) is 14.6. The number of hydrogen-bond donors (Lipinski definition) is 1. The second-order valence-corrected chi connectivity index (χ2v) is 7.16. The zero-order valence-corrected chi connectivity index (χ0v) is 16.7. The fourth-order valence-corrected chi connectivity index (χ4v) is 3.14. The molecule has 0 atom stereocenters. The van der Waals surface area contributed by atoms with Gasteiger partial charge >= 0.3 is 6.09 Å². The van der Waals surface area contributed by atoms with Crippen LogP contribution in [-0.2, 0) is 17.9 Å². The number of ether oxygens (including phenoxy) is 1. The van der Waals surface area contributed by atoms with E-state index in [0.29, 0.717) is 28.2 Å². The van der Waals surface area contributed by atoms with Crippen LogP contribution in [0.4, 0.5) is 10.5 Å². The monoisotopic (exact) mass is 419 g/mol. The van der Waals surface area contributed by atoms with Crippen LogP contribution in [0.25, 0.3) is 10.9 Å². The van der Waals surface area contributed by atoms with Crippen LogP contribution in [0.1, 0.15) is 11.1 Å². The summed E-state index contributed by atoms with van der Waals surface area (Å²) < 4.78 is 6.75. The van der Waals surface area contributed by atoms with Gasteiger partial charge in [-0.2, -0.15) is 0 Å². The number of aromatic nitrogens is 2. The summed E-state index contributed by atoms with van der Waals surface area (Å²) in [6.07, 6.45) is 0.922. The Bertz CT molecular complexity index is 1240. The van der Waals surface area contributed by atoms with E-state index < -0.39 is 6.09 Å². The molecular formula is C23H18ClN3O3. The summed E-state index contributed by atoms with van der Waals surface area (Å²) in [6.45, 7) is 0.568. The smallest absolute Gasteiger partial charge is 0.411 e. The standard InChI is InChI=1S/C23H18ClN3O3/c24-18-8-6-16(7-9-18)13-27-15-25-21-12-19(10-11-20(21)22(27)28)26-23(29)30-14-17-4-2-1-3-5-17/h1-12,15H,13-14H2,(H,26,29). The topological polar surface area (TPSA) is 73.2 Å². The molecule has 1 aromatic heterocycles. The summed E-state index contributed by atoms with van der Waals surface area (Å²) in [5.41, 5.74) is 2.68. The van der Waals surface area contributed by atoms with E-state index in [-0.39, 0.29) is 12.2 Å².